The minimum atomic E-state index is -1.05. The van der Waals surface area contributed by atoms with Gasteiger partial charge in [-0.25, -0.2) is 28.0 Å². The fraction of sp³-hybridized carbons (Fsp3) is 0.321. The Labute approximate surface area is 213 Å². The number of nitrogens with zero attached hydrogens (tertiary/aromatic N) is 7. The summed E-state index contributed by atoms with van der Waals surface area (Å²) in [6.07, 6.45) is 3.21. The molecule has 9 heteroatoms. The van der Waals surface area contributed by atoms with Crippen LogP contribution < -0.4 is 0 Å². The quantitative estimate of drug-likeness (QED) is 0.277. The molecule has 5 rings (SSSR count). The molecular weight excluding hydrogens is 472 g/mol. The molecule has 3 heterocycles. The van der Waals surface area contributed by atoms with Crippen LogP contribution in [0, 0.1) is 29.5 Å². The molecule has 186 valence electrons. The number of nitriles is 1. The van der Waals surface area contributed by atoms with Crippen molar-refractivity contribution in [2.75, 3.05) is 0 Å². The molecule has 0 saturated heterocycles. The number of hydrogen-bond acceptors (Lipinski definition) is 4. The van der Waals surface area contributed by atoms with Gasteiger partial charge in [0.2, 0.25) is 0 Å². The zero-order valence-corrected chi connectivity index (χ0v) is 21.4. The first-order valence-corrected chi connectivity index (χ1v) is 11.8. The highest BCUT2D eigenvalue weighted by atomic mass is 19.1. The second-order valence-corrected chi connectivity index (χ2v) is 10.9. The molecule has 8 bridgehead atoms. The lowest BCUT2D eigenvalue weighted by Gasteiger charge is -2.38. The normalized spacial score (nSPS) is 16.7. The Balaban J connectivity index is 1.93. The van der Waals surface area contributed by atoms with E-state index in [-0.39, 0.29) is 11.3 Å². The third kappa shape index (κ3) is 3.38. The van der Waals surface area contributed by atoms with Crippen molar-refractivity contribution in [1.82, 2.24) is 24.5 Å². The van der Waals surface area contributed by atoms with Gasteiger partial charge in [0.15, 0.2) is 11.6 Å². The summed E-state index contributed by atoms with van der Waals surface area (Å²) in [6, 6.07) is 10.5. The number of hydrogen-bond donors (Lipinski definition) is 0. The van der Waals surface area contributed by atoms with Gasteiger partial charge in [-0.2, -0.15) is 15.5 Å². The predicted octanol–water partition coefficient (Wildman–Crippen LogP) is 6.05. The van der Waals surface area contributed by atoms with E-state index in [1.54, 1.807) is 49.3 Å². The van der Waals surface area contributed by atoms with Crippen LogP contribution in [0.1, 0.15) is 69.8 Å². The van der Waals surface area contributed by atoms with Crippen molar-refractivity contribution in [2.24, 2.45) is 0 Å². The van der Waals surface area contributed by atoms with Gasteiger partial charge in [-0.05, 0) is 41.5 Å². The Hall–Kier alpha value is -4.37. The van der Waals surface area contributed by atoms with Gasteiger partial charge in [0.1, 0.15) is 12.1 Å². The van der Waals surface area contributed by atoms with Gasteiger partial charge in [-0.3, -0.25) is 0 Å². The highest BCUT2D eigenvalue weighted by Crippen LogP contribution is 2.44. The van der Waals surface area contributed by atoms with Crippen molar-refractivity contribution in [3.8, 4) is 17.4 Å². The molecule has 1 aliphatic heterocycles. The average Bonchev–Trinajstić information content (AvgIpc) is 3.54. The number of fused-ring (bicyclic) bond motifs is 10. The lowest BCUT2D eigenvalue weighted by atomic mass is 9.65. The van der Waals surface area contributed by atoms with Crippen molar-refractivity contribution in [3.63, 3.8) is 0 Å². The third-order valence-corrected chi connectivity index (χ3v) is 8.07. The van der Waals surface area contributed by atoms with Crippen LogP contribution in [-0.4, -0.2) is 24.5 Å². The van der Waals surface area contributed by atoms with Crippen LogP contribution >= 0.6 is 0 Å². The summed E-state index contributed by atoms with van der Waals surface area (Å²) in [4.78, 5) is 7.79. The van der Waals surface area contributed by atoms with Crippen LogP contribution in [0.5, 0.6) is 0 Å². The van der Waals surface area contributed by atoms with Crippen LogP contribution in [0.25, 0.3) is 16.2 Å². The molecule has 2 aromatic heterocycles. The van der Waals surface area contributed by atoms with Crippen LogP contribution in [-0.2, 0) is 16.2 Å². The summed E-state index contributed by atoms with van der Waals surface area (Å²) in [5, 5.41) is 19.2. The van der Waals surface area contributed by atoms with Gasteiger partial charge in [0.25, 0.3) is 5.69 Å². The molecule has 0 saturated carbocycles. The van der Waals surface area contributed by atoms with Crippen molar-refractivity contribution in [1.29, 1.82) is 5.26 Å². The van der Waals surface area contributed by atoms with E-state index in [0.717, 1.165) is 0 Å². The van der Waals surface area contributed by atoms with E-state index in [1.165, 1.54) is 10.7 Å². The van der Waals surface area contributed by atoms with Crippen molar-refractivity contribution < 1.29 is 8.78 Å². The average molecular weight is 498 g/mol. The second kappa shape index (κ2) is 7.81. The standard InChI is InChI=1S/C28H25F2N7/c1-26(2)17-10-16(14-31)11-18(12-17)37-15-33-25(35-37)28(5,6)27(3,4)21-8-9-36(34-21)20-13-19(26)22(29)24(32-7)23(20)30/h8-13,15H,1-6H3. The fourth-order valence-corrected chi connectivity index (χ4v) is 4.72. The molecule has 1 aliphatic rings. The summed E-state index contributed by atoms with van der Waals surface area (Å²) in [5.41, 5.74) is -0.682. The molecule has 0 spiro atoms. The van der Waals surface area contributed by atoms with Crippen LogP contribution in [0.3, 0.4) is 0 Å². The zero-order chi connectivity index (χ0) is 26.9. The number of rotatable bonds is 0. The first-order chi connectivity index (χ1) is 17.3. The van der Waals surface area contributed by atoms with Gasteiger partial charge in [-0.1, -0.05) is 41.5 Å². The summed E-state index contributed by atoms with van der Waals surface area (Å²) >= 11 is 0. The van der Waals surface area contributed by atoms with E-state index in [2.05, 4.69) is 21.0 Å². The predicted molar refractivity (Wildman–Crippen MR) is 134 cm³/mol. The Kier molecular flexibility index (Phi) is 5.14. The van der Waals surface area contributed by atoms with E-state index in [0.29, 0.717) is 28.3 Å². The lowest BCUT2D eigenvalue weighted by Crippen LogP contribution is -2.41. The largest absolute Gasteiger partial charge is 0.259 e. The third-order valence-electron chi connectivity index (χ3n) is 8.07. The molecule has 37 heavy (non-hydrogen) atoms. The molecule has 0 amide bonds. The molecule has 0 unspecified atom stereocenters. The van der Waals surface area contributed by atoms with Gasteiger partial charge in [0.05, 0.1) is 35.3 Å². The van der Waals surface area contributed by atoms with Gasteiger partial charge >= 0.3 is 0 Å². The molecule has 0 radical (unpaired) electrons. The van der Waals surface area contributed by atoms with Crippen molar-refractivity contribution >= 4 is 5.69 Å². The second-order valence-electron chi connectivity index (χ2n) is 10.9. The summed E-state index contributed by atoms with van der Waals surface area (Å²) in [6.45, 7) is 19.1. The van der Waals surface area contributed by atoms with Crippen LogP contribution in [0.2, 0.25) is 0 Å². The first kappa shape index (κ1) is 24.3. The maximum atomic E-state index is 15.7. The van der Waals surface area contributed by atoms with E-state index >= 15 is 8.78 Å². The summed E-state index contributed by atoms with van der Waals surface area (Å²) in [7, 11) is 0. The first-order valence-electron chi connectivity index (χ1n) is 11.8. The molecule has 7 nitrogen and oxygen atoms in total. The minimum Gasteiger partial charge on any atom is -0.239 e. The van der Waals surface area contributed by atoms with Crippen molar-refractivity contribution in [3.05, 3.63) is 94.1 Å². The van der Waals surface area contributed by atoms with Gasteiger partial charge in [0, 0.05) is 22.4 Å². The molecule has 0 atom stereocenters. The Morgan fingerprint density at radius 2 is 1.68 bits per heavy atom. The SMILES string of the molecule is [C-]#[N+]c1c(F)c2cc(c1F)C(C)(C)c1cc(C#N)cc(c1)-n1cnc(n1)C(C)(C)C(C)(C)c1ccn-2n1. The van der Waals surface area contributed by atoms with E-state index in [4.69, 9.17) is 11.7 Å². The van der Waals surface area contributed by atoms with Crippen LogP contribution in [0.15, 0.2) is 42.9 Å². The fourth-order valence-electron chi connectivity index (χ4n) is 4.72. The Bertz CT molecular complexity index is 1660. The van der Waals surface area contributed by atoms with E-state index < -0.39 is 33.6 Å². The molecular formula is C28H25F2N7. The highest BCUT2D eigenvalue weighted by Gasteiger charge is 2.44. The number of benzene rings is 2. The highest BCUT2D eigenvalue weighted by molar-refractivity contribution is 5.61. The maximum Gasteiger partial charge on any atom is 0.259 e. The number of aromatic nitrogens is 5. The monoisotopic (exact) mass is 497 g/mol. The topological polar surface area (TPSA) is 76.7 Å². The smallest absolute Gasteiger partial charge is 0.239 e. The van der Waals surface area contributed by atoms with E-state index in [9.17, 15) is 5.26 Å². The molecule has 2 aromatic carbocycles. The molecule has 4 aromatic rings. The Morgan fingerprint density at radius 3 is 2.35 bits per heavy atom. The number of halogens is 2. The molecule has 0 N–H and O–H groups in total. The Morgan fingerprint density at radius 1 is 0.946 bits per heavy atom. The van der Waals surface area contributed by atoms with Crippen molar-refractivity contribution in [2.45, 2.75) is 57.8 Å². The molecule has 0 aliphatic carbocycles. The van der Waals surface area contributed by atoms with Gasteiger partial charge < -0.3 is 0 Å². The summed E-state index contributed by atoms with van der Waals surface area (Å²) in [5.74, 6) is -1.35. The lowest BCUT2D eigenvalue weighted by molar-refractivity contribution is 0.279. The maximum absolute atomic E-state index is 15.7. The van der Waals surface area contributed by atoms with Crippen LogP contribution in [0.4, 0.5) is 14.5 Å². The minimum absolute atomic E-state index is 0.0255. The summed E-state index contributed by atoms with van der Waals surface area (Å²) < 4.78 is 34.2. The zero-order valence-electron chi connectivity index (χ0n) is 21.4. The van der Waals surface area contributed by atoms with Gasteiger partial charge in [-0.15, -0.1) is 0 Å². The molecule has 0 fully saturated rings. The van der Waals surface area contributed by atoms with E-state index in [1.807, 2.05) is 33.8 Å².